The number of likely N-dealkylation sites (N-methyl/N-ethyl adjacent to an activating group) is 1. The monoisotopic (exact) mass is 306 g/mol. The van der Waals surface area contributed by atoms with Crippen molar-refractivity contribution in [3.05, 3.63) is 20.8 Å². The van der Waals surface area contributed by atoms with Crippen LogP contribution < -0.4 is 5.32 Å². The van der Waals surface area contributed by atoms with E-state index in [0.29, 0.717) is 6.54 Å². The van der Waals surface area contributed by atoms with E-state index >= 15 is 0 Å². The van der Waals surface area contributed by atoms with Crippen molar-refractivity contribution < 1.29 is 14.7 Å². The van der Waals surface area contributed by atoms with E-state index in [9.17, 15) is 9.59 Å². The molecule has 0 unspecified atom stereocenters. The zero-order valence-corrected chi connectivity index (χ0v) is 11.0. The molecule has 0 aliphatic rings. The normalized spacial score (nSPS) is 9.88. The predicted molar refractivity (Wildman–Crippen MR) is 64.5 cm³/mol. The average Bonchev–Trinajstić information content (AvgIpc) is 2.59. The summed E-state index contributed by atoms with van der Waals surface area (Å²) < 4.78 is 0.996. The molecule has 1 heterocycles. The number of hydrogen-bond donors (Lipinski definition) is 2. The highest BCUT2D eigenvalue weighted by atomic mass is 79.9. The fourth-order valence-electron chi connectivity index (χ4n) is 1.02. The Hall–Kier alpha value is -1.08. The Morgan fingerprint density at radius 3 is 2.75 bits per heavy atom. The van der Waals surface area contributed by atoms with Crippen LogP contribution >= 0.6 is 27.3 Å². The Balaban J connectivity index is 2.37. The molecular weight excluding hydrogens is 296 g/mol. The van der Waals surface area contributed by atoms with Gasteiger partial charge in [0, 0.05) is 11.9 Å². The average molecular weight is 307 g/mol. The minimum Gasteiger partial charge on any atom is -0.480 e. The van der Waals surface area contributed by atoms with Gasteiger partial charge in [0.1, 0.15) is 6.54 Å². The van der Waals surface area contributed by atoms with Gasteiger partial charge in [-0.1, -0.05) is 0 Å². The van der Waals surface area contributed by atoms with Gasteiger partial charge in [0.2, 0.25) is 0 Å². The van der Waals surface area contributed by atoms with E-state index < -0.39 is 12.0 Å². The molecule has 0 radical (unpaired) electrons. The largest absolute Gasteiger partial charge is 0.480 e. The zero-order chi connectivity index (χ0) is 12.1. The first-order chi connectivity index (χ1) is 7.49. The Bertz CT molecular complexity index is 394. The second-order valence-corrected chi connectivity index (χ2v) is 5.66. The Morgan fingerprint density at radius 1 is 1.56 bits per heavy atom. The van der Waals surface area contributed by atoms with E-state index in [1.807, 2.05) is 12.1 Å². The summed E-state index contributed by atoms with van der Waals surface area (Å²) in [6.07, 6.45) is 0. The van der Waals surface area contributed by atoms with Gasteiger partial charge in [-0.05, 0) is 28.1 Å². The highest BCUT2D eigenvalue weighted by Crippen LogP contribution is 2.21. The third-order valence-electron chi connectivity index (χ3n) is 1.76. The SMILES string of the molecule is CN(CC(=O)O)C(=O)NCc1ccc(Br)s1. The van der Waals surface area contributed by atoms with Crippen LogP contribution in [-0.4, -0.2) is 35.6 Å². The fourth-order valence-corrected chi connectivity index (χ4v) is 2.44. The van der Waals surface area contributed by atoms with Crippen LogP contribution in [0.3, 0.4) is 0 Å². The van der Waals surface area contributed by atoms with Gasteiger partial charge in [0.05, 0.1) is 10.3 Å². The molecule has 0 spiro atoms. The number of carboxylic acid groups (broad SMARTS) is 1. The Morgan fingerprint density at radius 2 is 2.25 bits per heavy atom. The van der Waals surface area contributed by atoms with Gasteiger partial charge in [0.25, 0.3) is 0 Å². The molecule has 2 amide bonds. The smallest absolute Gasteiger partial charge is 0.323 e. The number of carbonyl (C=O) groups is 2. The number of thiophene rings is 1. The van der Waals surface area contributed by atoms with E-state index in [4.69, 9.17) is 5.11 Å². The Labute approximate surface area is 105 Å². The molecular formula is C9H11BrN2O3S. The second-order valence-electron chi connectivity index (χ2n) is 3.11. The lowest BCUT2D eigenvalue weighted by Gasteiger charge is -2.14. The molecule has 0 atom stereocenters. The molecule has 0 aromatic carbocycles. The molecule has 0 bridgehead atoms. The van der Waals surface area contributed by atoms with Crippen LogP contribution in [0.25, 0.3) is 0 Å². The first-order valence-electron chi connectivity index (χ1n) is 4.44. The van der Waals surface area contributed by atoms with Gasteiger partial charge < -0.3 is 15.3 Å². The van der Waals surface area contributed by atoms with Crippen molar-refractivity contribution >= 4 is 39.3 Å². The van der Waals surface area contributed by atoms with E-state index in [-0.39, 0.29) is 6.54 Å². The van der Waals surface area contributed by atoms with Crippen molar-refractivity contribution in [2.45, 2.75) is 6.54 Å². The lowest BCUT2D eigenvalue weighted by Crippen LogP contribution is -2.39. The van der Waals surface area contributed by atoms with Crippen LogP contribution in [-0.2, 0) is 11.3 Å². The lowest BCUT2D eigenvalue weighted by molar-refractivity contribution is -0.137. The summed E-state index contributed by atoms with van der Waals surface area (Å²) in [5, 5.41) is 11.1. The van der Waals surface area contributed by atoms with Gasteiger partial charge in [-0.15, -0.1) is 11.3 Å². The van der Waals surface area contributed by atoms with Crippen molar-refractivity contribution in [3.8, 4) is 0 Å². The topological polar surface area (TPSA) is 69.6 Å². The van der Waals surface area contributed by atoms with Crippen LogP contribution in [0.2, 0.25) is 0 Å². The van der Waals surface area contributed by atoms with Gasteiger partial charge >= 0.3 is 12.0 Å². The maximum atomic E-state index is 11.4. The number of nitrogens with zero attached hydrogens (tertiary/aromatic N) is 1. The maximum absolute atomic E-state index is 11.4. The third kappa shape index (κ3) is 4.19. The number of aliphatic carboxylic acids is 1. The van der Waals surface area contributed by atoms with E-state index in [1.165, 1.54) is 18.4 Å². The van der Waals surface area contributed by atoms with Gasteiger partial charge in [-0.2, -0.15) is 0 Å². The number of amides is 2. The number of carbonyl (C=O) groups excluding carboxylic acids is 1. The fraction of sp³-hybridized carbons (Fsp3) is 0.333. The summed E-state index contributed by atoms with van der Waals surface area (Å²) >= 11 is 4.84. The summed E-state index contributed by atoms with van der Waals surface area (Å²) in [5.41, 5.74) is 0. The van der Waals surface area contributed by atoms with E-state index in [1.54, 1.807) is 0 Å². The molecule has 0 aliphatic carbocycles. The van der Waals surface area contributed by atoms with Gasteiger partial charge in [-0.3, -0.25) is 4.79 Å². The van der Waals surface area contributed by atoms with Crippen molar-refractivity contribution in [3.63, 3.8) is 0 Å². The molecule has 1 aromatic rings. The standard InChI is InChI=1S/C9H11BrN2O3S/c1-12(5-8(13)14)9(15)11-4-6-2-3-7(10)16-6/h2-3H,4-5H2,1H3,(H,11,15)(H,13,14). The number of halogens is 1. The molecule has 0 saturated heterocycles. The van der Waals surface area contributed by atoms with Crippen LogP contribution in [0.5, 0.6) is 0 Å². The summed E-state index contributed by atoms with van der Waals surface area (Å²) in [6, 6.07) is 3.39. The van der Waals surface area contributed by atoms with E-state index in [0.717, 1.165) is 13.6 Å². The van der Waals surface area contributed by atoms with Crippen molar-refractivity contribution in [2.24, 2.45) is 0 Å². The first kappa shape index (κ1) is 13.0. The van der Waals surface area contributed by atoms with Crippen molar-refractivity contribution in [1.82, 2.24) is 10.2 Å². The number of hydrogen-bond acceptors (Lipinski definition) is 3. The maximum Gasteiger partial charge on any atom is 0.323 e. The summed E-state index contributed by atoms with van der Waals surface area (Å²) in [4.78, 5) is 23.9. The van der Waals surface area contributed by atoms with Crippen LogP contribution in [0.4, 0.5) is 4.79 Å². The third-order valence-corrected chi connectivity index (χ3v) is 3.39. The van der Waals surface area contributed by atoms with Crippen LogP contribution in [0.15, 0.2) is 15.9 Å². The van der Waals surface area contributed by atoms with Crippen molar-refractivity contribution in [2.75, 3.05) is 13.6 Å². The number of urea groups is 1. The number of carboxylic acids is 1. The summed E-state index contributed by atoms with van der Waals surface area (Å²) in [6.45, 7) is 0.0963. The van der Waals surface area contributed by atoms with Crippen LogP contribution in [0.1, 0.15) is 4.88 Å². The van der Waals surface area contributed by atoms with Gasteiger partial charge in [0.15, 0.2) is 0 Å². The quantitative estimate of drug-likeness (QED) is 0.890. The molecule has 0 saturated carbocycles. The summed E-state index contributed by atoms with van der Waals surface area (Å²) in [5.74, 6) is -1.03. The second kappa shape index (κ2) is 5.86. The van der Waals surface area contributed by atoms with Crippen LogP contribution in [0, 0.1) is 0 Å². The number of nitrogens with one attached hydrogen (secondary N) is 1. The molecule has 1 rings (SSSR count). The molecule has 0 aliphatic heterocycles. The zero-order valence-electron chi connectivity index (χ0n) is 8.57. The van der Waals surface area contributed by atoms with Crippen molar-refractivity contribution in [1.29, 1.82) is 0 Å². The minimum absolute atomic E-state index is 0.306. The molecule has 5 nitrogen and oxygen atoms in total. The highest BCUT2D eigenvalue weighted by Gasteiger charge is 2.11. The predicted octanol–water partition coefficient (Wildman–Crippen LogP) is 1.74. The van der Waals surface area contributed by atoms with Gasteiger partial charge in [-0.25, -0.2) is 4.79 Å². The molecule has 2 N–H and O–H groups in total. The molecule has 16 heavy (non-hydrogen) atoms. The highest BCUT2D eigenvalue weighted by molar-refractivity contribution is 9.11. The Kier molecular flexibility index (Phi) is 4.75. The number of rotatable bonds is 4. The first-order valence-corrected chi connectivity index (χ1v) is 6.05. The van der Waals surface area contributed by atoms with E-state index in [2.05, 4.69) is 21.2 Å². The summed E-state index contributed by atoms with van der Waals surface area (Å²) in [7, 11) is 1.44. The molecule has 1 aromatic heterocycles. The molecule has 0 fully saturated rings. The minimum atomic E-state index is -1.03. The molecule has 7 heteroatoms. The lowest BCUT2D eigenvalue weighted by atomic mass is 10.4. The molecule has 88 valence electrons.